The van der Waals surface area contributed by atoms with Crippen molar-refractivity contribution in [1.82, 2.24) is 10.2 Å². The molecule has 0 bridgehead atoms. The number of rotatable bonds is 3. The lowest BCUT2D eigenvalue weighted by Gasteiger charge is -2.37. The summed E-state index contributed by atoms with van der Waals surface area (Å²) in [6.07, 6.45) is 2.57. The molecule has 0 radical (unpaired) electrons. The van der Waals surface area contributed by atoms with Gasteiger partial charge < -0.3 is 19.9 Å². The first-order valence-electron chi connectivity index (χ1n) is 7.87. The van der Waals surface area contributed by atoms with Crippen molar-refractivity contribution in [2.24, 2.45) is 0 Å². The molecule has 0 aromatic heterocycles. The number of piperazine rings is 1. The number of halogens is 1. The zero-order valence-electron chi connectivity index (χ0n) is 12.6. The van der Waals surface area contributed by atoms with Crippen LogP contribution in [-0.4, -0.2) is 55.4 Å². The number of ether oxygens (including phenoxy) is 1. The molecule has 2 saturated heterocycles. The van der Waals surface area contributed by atoms with Crippen LogP contribution in [0.5, 0.6) is 0 Å². The van der Waals surface area contributed by atoms with Gasteiger partial charge in [-0.1, -0.05) is 0 Å². The summed E-state index contributed by atoms with van der Waals surface area (Å²) in [5, 5.41) is 4.13. The summed E-state index contributed by atoms with van der Waals surface area (Å²) < 4.78 is 18.6. The molecule has 0 spiro atoms. The molecule has 1 atom stereocenters. The van der Waals surface area contributed by atoms with Gasteiger partial charge in [-0.3, -0.25) is 0 Å². The molecule has 2 aliphatic heterocycles. The number of anilines is 1. The first-order valence-corrected chi connectivity index (χ1v) is 8.28. The third-order valence-corrected chi connectivity index (χ3v) is 4.67. The van der Waals surface area contributed by atoms with Crippen molar-refractivity contribution in [2.75, 3.05) is 44.2 Å². The van der Waals surface area contributed by atoms with Crippen LogP contribution < -0.4 is 10.2 Å². The second-order valence-corrected chi connectivity index (χ2v) is 6.16. The van der Waals surface area contributed by atoms with E-state index in [1.807, 2.05) is 12.1 Å². The second-order valence-electron chi connectivity index (χ2n) is 5.77. The van der Waals surface area contributed by atoms with Gasteiger partial charge in [0.05, 0.1) is 6.10 Å². The van der Waals surface area contributed by atoms with Gasteiger partial charge in [-0.05, 0) is 49.3 Å². The van der Waals surface area contributed by atoms with Gasteiger partial charge in [-0.25, -0.2) is 4.39 Å². The van der Waals surface area contributed by atoms with E-state index < -0.39 is 0 Å². The number of benzene rings is 1. The van der Waals surface area contributed by atoms with E-state index in [1.165, 1.54) is 12.1 Å². The van der Waals surface area contributed by atoms with Crippen molar-refractivity contribution < 1.29 is 9.13 Å². The van der Waals surface area contributed by atoms with Crippen LogP contribution in [0, 0.1) is 5.82 Å². The summed E-state index contributed by atoms with van der Waals surface area (Å²) >= 11 is 5.47. The van der Waals surface area contributed by atoms with Gasteiger partial charge in [0.1, 0.15) is 5.82 Å². The summed E-state index contributed by atoms with van der Waals surface area (Å²) in [7, 11) is 0. The molecule has 0 aliphatic carbocycles. The molecule has 4 nitrogen and oxygen atoms in total. The Balaban J connectivity index is 1.44. The third-order valence-electron chi connectivity index (χ3n) is 4.26. The summed E-state index contributed by atoms with van der Waals surface area (Å²) in [6, 6.07) is 6.68. The van der Waals surface area contributed by atoms with E-state index in [1.54, 1.807) is 0 Å². The van der Waals surface area contributed by atoms with Gasteiger partial charge in [-0.15, -0.1) is 0 Å². The molecule has 6 heteroatoms. The maximum absolute atomic E-state index is 13.0. The van der Waals surface area contributed by atoms with E-state index in [2.05, 4.69) is 15.1 Å². The molecule has 0 unspecified atom stereocenters. The Bertz CT molecular complexity index is 497. The summed E-state index contributed by atoms with van der Waals surface area (Å²) in [5.74, 6) is -0.193. The average molecular weight is 323 g/mol. The Kier molecular flexibility index (Phi) is 5.10. The lowest BCUT2D eigenvalue weighted by atomic mass is 10.2. The molecule has 0 amide bonds. The van der Waals surface area contributed by atoms with Crippen LogP contribution in [0.25, 0.3) is 0 Å². The van der Waals surface area contributed by atoms with Crippen LogP contribution in [0.15, 0.2) is 24.3 Å². The van der Waals surface area contributed by atoms with E-state index in [4.69, 9.17) is 17.0 Å². The Morgan fingerprint density at radius 2 is 1.95 bits per heavy atom. The fourth-order valence-corrected chi connectivity index (χ4v) is 3.20. The smallest absolute Gasteiger partial charge is 0.169 e. The maximum atomic E-state index is 13.0. The van der Waals surface area contributed by atoms with Crippen molar-refractivity contribution in [1.29, 1.82) is 0 Å². The normalized spacial score (nSPS) is 22.0. The van der Waals surface area contributed by atoms with Gasteiger partial charge >= 0.3 is 0 Å². The molecule has 22 heavy (non-hydrogen) atoms. The Morgan fingerprint density at radius 1 is 1.23 bits per heavy atom. The predicted octanol–water partition coefficient (Wildman–Crippen LogP) is 2.00. The summed E-state index contributed by atoms with van der Waals surface area (Å²) in [6.45, 7) is 5.23. The Labute approximate surface area is 136 Å². The minimum atomic E-state index is -0.193. The number of nitrogens with one attached hydrogen (secondary N) is 1. The summed E-state index contributed by atoms with van der Waals surface area (Å²) in [4.78, 5) is 4.46. The van der Waals surface area contributed by atoms with Gasteiger partial charge in [0.25, 0.3) is 0 Å². The first-order chi connectivity index (χ1) is 10.7. The molecule has 1 N–H and O–H groups in total. The standard InChI is InChI=1S/C16H22FN3OS/c17-13-3-5-14(6-4-13)19-7-9-20(10-8-19)16(22)18-12-15-2-1-11-21-15/h3-6,15H,1-2,7-12H2,(H,18,22)/t15-/m0/s1. The molecule has 2 aliphatic rings. The van der Waals surface area contributed by atoms with Crippen molar-refractivity contribution >= 4 is 23.0 Å². The van der Waals surface area contributed by atoms with E-state index in [9.17, 15) is 4.39 Å². The fourth-order valence-electron chi connectivity index (χ4n) is 2.94. The summed E-state index contributed by atoms with van der Waals surface area (Å²) in [5.41, 5.74) is 1.07. The van der Waals surface area contributed by atoms with Gasteiger partial charge in [0.15, 0.2) is 5.11 Å². The fraction of sp³-hybridized carbons (Fsp3) is 0.562. The number of hydrogen-bond acceptors (Lipinski definition) is 3. The van der Waals surface area contributed by atoms with Crippen LogP contribution in [0.2, 0.25) is 0 Å². The van der Waals surface area contributed by atoms with Crippen molar-refractivity contribution in [3.05, 3.63) is 30.1 Å². The molecule has 1 aromatic carbocycles. The molecule has 1 aromatic rings. The largest absolute Gasteiger partial charge is 0.376 e. The molecule has 120 valence electrons. The number of thiocarbonyl (C=S) groups is 1. The van der Waals surface area contributed by atoms with E-state index in [0.717, 1.165) is 63.0 Å². The SMILES string of the molecule is Fc1ccc(N2CCN(C(=S)NC[C@@H]3CCCO3)CC2)cc1. The van der Waals surface area contributed by atoms with E-state index in [0.29, 0.717) is 6.10 Å². The van der Waals surface area contributed by atoms with Crippen molar-refractivity contribution in [2.45, 2.75) is 18.9 Å². The maximum Gasteiger partial charge on any atom is 0.169 e. The van der Waals surface area contributed by atoms with Gasteiger partial charge in [-0.2, -0.15) is 0 Å². The molecule has 0 saturated carbocycles. The first kappa shape index (κ1) is 15.5. The van der Waals surface area contributed by atoms with Gasteiger partial charge in [0, 0.05) is 45.0 Å². The predicted molar refractivity (Wildman–Crippen MR) is 89.8 cm³/mol. The number of nitrogens with zero attached hydrogens (tertiary/aromatic N) is 2. The Morgan fingerprint density at radius 3 is 2.59 bits per heavy atom. The van der Waals surface area contributed by atoms with Crippen LogP contribution in [0.1, 0.15) is 12.8 Å². The molecule has 2 fully saturated rings. The second kappa shape index (κ2) is 7.24. The highest BCUT2D eigenvalue weighted by Crippen LogP contribution is 2.17. The molecular formula is C16H22FN3OS. The minimum Gasteiger partial charge on any atom is -0.376 e. The quantitative estimate of drug-likeness (QED) is 0.859. The zero-order chi connectivity index (χ0) is 15.4. The average Bonchev–Trinajstić information content (AvgIpc) is 3.07. The van der Waals surface area contributed by atoms with Crippen molar-refractivity contribution in [3.8, 4) is 0 Å². The highest BCUT2D eigenvalue weighted by atomic mass is 32.1. The van der Waals surface area contributed by atoms with Gasteiger partial charge in [0.2, 0.25) is 0 Å². The lowest BCUT2D eigenvalue weighted by molar-refractivity contribution is 0.113. The zero-order valence-corrected chi connectivity index (χ0v) is 13.4. The van der Waals surface area contributed by atoms with E-state index >= 15 is 0 Å². The highest BCUT2D eigenvalue weighted by molar-refractivity contribution is 7.80. The van der Waals surface area contributed by atoms with Crippen LogP contribution >= 0.6 is 12.2 Å². The molecule has 2 heterocycles. The third kappa shape index (κ3) is 3.87. The van der Waals surface area contributed by atoms with Crippen LogP contribution in [0.3, 0.4) is 0 Å². The number of hydrogen-bond donors (Lipinski definition) is 1. The molecule has 3 rings (SSSR count). The van der Waals surface area contributed by atoms with Crippen LogP contribution in [0.4, 0.5) is 10.1 Å². The molecular weight excluding hydrogens is 301 g/mol. The van der Waals surface area contributed by atoms with Crippen LogP contribution in [-0.2, 0) is 4.74 Å². The topological polar surface area (TPSA) is 27.7 Å². The minimum absolute atomic E-state index is 0.193. The lowest BCUT2D eigenvalue weighted by Crippen LogP contribution is -2.52. The highest BCUT2D eigenvalue weighted by Gasteiger charge is 2.21. The Hall–Kier alpha value is -1.40. The van der Waals surface area contributed by atoms with Crippen molar-refractivity contribution in [3.63, 3.8) is 0 Å². The van der Waals surface area contributed by atoms with E-state index in [-0.39, 0.29) is 5.82 Å². The monoisotopic (exact) mass is 323 g/mol.